The highest BCUT2D eigenvalue weighted by Gasteiger charge is 2.32. The molecule has 0 unspecified atom stereocenters. The van der Waals surface area contributed by atoms with E-state index in [0.717, 1.165) is 25.7 Å². The lowest BCUT2D eigenvalue weighted by Crippen LogP contribution is -2.54. The summed E-state index contributed by atoms with van der Waals surface area (Å²) >= 11 is 0. The number of aliphatic carboxylic acids is 1. The summed E-state index contributed by atoms with van der Waals surface area (Å²) in [5.74, 6) is -2.56. The van der Waals surface area contributed by atoms with Crippen LogP contribution in [0.25, 0.3) is 0 Å². The molecule has 1 saturated carbocycles. The van der Waals surface area contributed by atoms with Crippen molar-refractivity contribution >= 4 is 17.8 Å². The van der Waals surface area contributed by atoms with E-state index in [1.807, 2.05) is 0 Å². The highest BCUT2D eigenvalue weighted by Crippen LogP contribution is 2.23. The lowest BCUT2D eigenvalue weighted by Gasteiger charge is -2.26. The van der Waals surface area contributed by atoms with Gasteiger partial charge in [0, 0.05) is 0 Å². The highest BCUT2D eigenvalue weighted by molar-refractivity contribution is 5.90. The second-order valence-corrected chi connectivity index (χ2v) is 5.46. The number of carbonyl (C=O) groups is 3. The van der Waals surface area contributed by atoms with E-state index < -0.39 is 42.5 Å². The first-order chi connectivity index (χ1) is 10.3. The molecule has 1 rings (SSSR count). The molecule has 0 bridgehead atoms. The number of nitrogens with one attached hydrogen (secondary N) is 1. The van der Waals surface area contributed by atoms with Gasteiger partial charge in [0.2, 0.25) is 5.91 Å². The van der Waals surface area contributed by atoms with Crippen LogP contribution in [0, 0.1) is 0 Å². The van der Waals surface area contributed by atoms with Gasteiger partial charge >= 0.3 is 11.9 Å². The number of amides is 1. The number of ether oxygens (including phenoxy) is 2. The Morgan fingerprint density at radius 1 is 1.32 bits per heavy atom. The minimum Gasteiger partial charge on any atom is -0.481 e. The molecule has 0 saturated heterocycles. The summed E-state index contributed by atoms with van der Waals surface area (Å²) in [7, 11) is 1.21. The van der Waals surface area contributed by atoms with E-state index in [2.05, 4.69) is 10.1 Å². The molecule has 4 N–H and O–H groups in total. The third-order valence-corrected chi connectivity index (χ3v) is 3.66. The van der Waals surface area contributed by atoms with Gasteiger partial charge in [-0.1, -0.05) is 12.8 Å². The van der Waals surface area contributed by atoms with Crippen LogP contribution in [0.5, 0.6) is 0 Å². The van der Waals surface area contributed by atoms with E-state index in [9.17, 15) is 14.4 Å². The number of hydrogen-bond donors (Lipinski definition) is 3. The predicted octanol–water partition coefficient (Wildman–Crippen LogP) is -0.206. The Bertz CT molecular complexity index is 408. The molecule has 8 nitrogen and oxygen atoms in total. The summed E-state index contributed by atoms with van der Waals surface area (Å²) in [6.07, 6.45) is 2.96. The third-order valence-electron chi connectivity index (χ3n) is 3.66. The van der Waals surface area contributed by atoms with Crippen LogP contribution in [0.1, 0.15) is 39.0 Å². The SMILES string of the molecule is COC(=O)[C@@H](NC(=O)[C@@H](N)CC(=O)O)[C@@H](C)OC1CCCC1. The fraction of sp³-hybridized carbons (Fsp3) is 0.786. The molecule has 0 aliphatic heterocycles. The molecule has 22 heavy (non-hydrogen) atoms. The van der Waals surface area contributed by atoms with Crippen LogP contribution in [0.3, 0.4) is 0 Å². The number of rotatable bonds is 8. The first-order valence-electron chi connectivity index (χ1n) is 7.36. The second kappa shape index (κ2) is 8.70. The number of esters is 1. The first kappa shape index (κ1) is 18.4. The van der Waals surface area contributed by atoms with Crippen LogP contribution in [0.2, 0.25) is 0 Å². The molecule has 0 aromatic heterocycles. The molecular weight excluding hydrogens is 292 g/mol. The summed E-state index contributed by atoms with van der Waals surface area (Å²) in [5, 5.41) is 11.1. The molecule has 1 amide bonds. The Hall–Kier alpha value is -1.67. The summed E-state index contributed by atoms with van der Waals surface area (Å²) in [6.45, 7) is 1.67. The molecule has 8 heteroatoms. The Balaban J connectivity index is 2.64. The maximum Gasteiger partial charge on any atom is 0.331 e. The van der Waals surface area contributed by atoms with Crippen LogP contribution < -0.4 is 11.1 Å². The Kier molecular flexibility index (Phi) is 7.26. The minimum atomic E-state index is -1.23. The topological polar surface area (TPSA) is 128 Å². The summed E-state index contributed by atoms with van der Waals surface area (Å²) in [6, 6.07) is -2.25. The van der Waals surface area contributed by atoms with Gasteiger partial charge in [-0.2, -0.15) is 0 Å². The third kappa shape index (κ3) is 5.61. The monoisotopic (exact) mass is 316 g/mol. The van der Waals surface area contributed by atoms with E-state index in [4.69, 9.17) is 15.6 Å². The van der Waals surface area contributed by atoms with Crippen molar-refractivity contribution in [3.63, 3.8) is 0 Å². The van der Waals surface area contributed by atoms with E-state index in [1.54, 1.807) is 6.92 Å². The number of carboxylic acid groups (broad SMARTS) is 1. The van der Waals surface area contributed by atoms with E-state index >= 15 is 0 Å². The lowest BCUT2D eigenvalue weighted by molar-refractivity contribution is -0.151. The van der Waals surface area contributed by atoms with Crippen molar-refractivity contribution in [1.82, 2.24) is 5.32 Å². The van der Waals surface area contributed by atoms with Crippen LogP contribution in [0.4, 0.5) is 0 Å². The zero-order chi connectivity index (χ0) is 16.7. The summed E-state index contributed by atoms with van der Waals surface area (Å²) < 4.78 is 10.5. The maximum absolute atomic E-state index is 11.9. The van der Waals surface area contributed by atoms with Crippen molar-refractivity contribution in [2.75, 3.05) is 7.11 Å². The van der Waals surface area contributed by atoms with Gasteiger partial charge in [0.25, 0.3) is 0 Å². The average molecular weight is 316 g/mol. The number of nitrogens with two attached hydrogens (primary N) is 1. The van der Waals surface area contributed by atoms with Crippen LogP contribution in [-0.2, 0) is 23.9 Å². The average Bonchev–Trinajstić information content (AvgIpc) is 2.95. The van der Waals surface area contributed by atoms with Gasteiger partial charge in [-0.15, -0.1) is 0 Å². The zero-order valence-electron chi connectivity index (χ0n) is 12.9. The van der Waals surface area contributed by atoms with E-state index in [0.29, 0.717) is 0 Å². The first-order valence-corrected chi connectivity index (χ1v) is 7.36. The zero-order valence-corrected chi connectivity index (χ0v) is 12.9. The largest absolute Gasteiger partial charge is 0.481 e. The highest BCUT2D eigenvalue weighted by atomic mass is 16.5. The van der Waals surface area contributed by atoms with Crippen molar-refractivity contribution in [1.29, 1.82) is 0 Å². The number of carboxylic acids is 1. The number of carbonyl (C=O) groups excluding carboxylic acids is 2. The molecule has 0 radical (unpaired) electrons. The van der Waals surface area contributed by atoms with Crippen molar-refractivity contribution in [2.24, 2.45) is 5.73 Å². The molecular formula is C14H24N2O6. The fourth-order valence-corrected chi connectivity index (χ4v) is 2.44. The van der Waals surface area contributed by atoms with E-state index in [-0.39, 0.29) is 6.10 Å². The Labute approximate surface area is 129 Å². The van der Waals surface area contributed by atoms with Crippen LogP contribution in [-0.4, -0.2) is 54.4 Å². The molecule has 3 atom stereocenters. The van der Waals surface area contributed by atoms with Crippen molar-refractivity contribution in [3.8, 4) is 0 Å². The Morgan fingerprint density at radius 3 is 2.41 bits per heavy atom. The Morgan fingerprint density at radius 2 is 1.91 bits per heavy atom. The van der Waals surface area contributed by atoms with Crippen LogP contribution in [0.15, 0.2) is 0 Å². The molecule has 0 aromatic carbocycles. The van der Waals surface area contributed by atoms with E-state index in [1.165, 1.54) is 7.11 Å². The lowest BCUT2D eigenvalue weighted by atomic mass is 10.1. The standard InChI is InChI=1S/C14H24N2O6/c1-8(22-9-5-3-4-6-9)12(14(20)21-2)16-13(19)10(15)7-11(17)18/h8-10,12H,3-7,15H2,1-2H3,(H,16,19)(H,17,18)/t8-,10+,12+/m1/s1. The van der Waals surface area contributed by atoms with Crippen molar-refractivity contribution < 1.29 is 29.0 Å². The van der Waals surface area contributed by atoms with Gasteiger partial charge in [0.15, 0.2) is 6.04 Å². The quantitative estimate of drug-likeness (QED) is 0.529. The van der Waals surface area contributed by atoms with Gasteiger partial charge < -0.3 is 25.6 Å². The summed E-state index contributed by atoms with van der Waals surface area (Å²) in [5.41, 5.74) is 5.49. The molecule has 0 spiro atoms. The summed E-state index contributed by atoms with van der Waals surface area (Å²) in [4.78, 5) is 34.3. The molecule has 1 aliphatic carbocycles. The fourth-order valence-electron chi connectivity index (χ4n) is 2.44. The van der Waals surface area contributed by atoms with Gasteiger partial charge in [-0.3, -0.25) is 9.59 Å². The predicted molar refractivity (Wildman–Crippen MR) is 77.0 cm³/mol. The molecule has 126 valence electrons. The smallest absolute Gasteiger partial charge is 0.331 e. The second-order valence-electron chi connectivity index (χ2n) is 5.46. The molecule has 0 heterocycles. The van der Waals surface area contributed by atoms with Gasteiger partial charge in [0.05, 0.1) is 31.8 Å². The van der Waals surface area contributed by atoms with Crippen molar-refractivity contribution in [3.05, 3.63) is 0 Å². The van der Waals surface area contributed by atoms with Crippen LogP contribution >= 0.6 is 0 Å². The van der Waals surface area contributed by atoms with Gasteiger partial charge in [0.1, 0.15) is 0 Å². The normalized spacial score (nSPS) is 19.2. The van der Waals surface area contributed by atoms with Crippen molar-refractivity contribution in [2.45, 2.75) is 63.3 Å². The van der Waals surface area contributed by atoms with Gasteiger partial charge in [-0.05, 0) is 19.8 Å². The van der Waals surface area contributed by atoms with Gasteiger partial charge in [-0.25, -0.2) is 4.79 Å². The minimum absolute atomic E-state index is 0.0618. The molecule has 1 fully saturated rings. The maximum atomic E-state index is 11.9. The molecule has 0 aromatic rings. The number of methoxy groups -OCH3 is 1. The number of hydrogen-bond acceptors (Lipinski definition) is 6. The molecule has 1 aliphatic rings.